The average molecular weight is 337 g/mol. The minimum atomic E-state index is -1.25. The summed E-state index contributed by atoms with van der Waals surface area (Å²) in [6, 6.07) is 4.52. The molecule has 8 heteroatoms. The number of pyridine rings is 1. The fraction of sp³-hybridized carbons (Fsp3) is 0.250. The van der Waals surface area contributed by atoms with Crippen molar-refractivity contribution < 1.29 is 18.7 Å². The molecule has 0 aliphatic carbocycles. The standard InChI is InChI=1S/C16H17F2N3O3/c1-9(14(22)10-5-6-11(17)12(18)8-10)19-16(24)20-13-4-3-7-21(2)15(13)23/h3-9,14,22H,1-2H3,(H2,19,20,24). The van der Waals surface area contributed by atoms with Gasteiger partial charge in [0, 0.05) is 13.2 Å². The summed E-state index contributed by atoms with van der Waals surface area (Å²) >= 11 is 0. The molecular weight excluding hydrogens is 320 g/mol. The van der Waals surface area contributed by atoms with Gasteiger partial charge in [-0.1, -0.05) is 6.07 Å². The van der Waals surface area contributed by atoms with Gasteiger partial charge in [0.05, 0.1) is 12.1 Å². The highest BCUT2D eigenvalue weighted by molar-refractivity contribution is 5.89. The average Bonchev–Trinajstić information content (AvgIpc) is 2.53. The first kappa shape index (κ1) is 17.6. The molecule has 0 spiro atoms. The fourth-order valence-electron chi connectivity index (χ4n) is 2.12. The monoisotopic (exact) mass is 337 g/mol. The van der Waals surface area contributed by atoms with Crippen LogP contribution in [0, 0.1) is 11.6 Å². The number of nitrogens with zero attached hydrogens (tertiary/aromatic N) is 1. The number of nitrogens with one attached hydrogen (secondary N) is 2. The van der Waals surface area contributed by atoms with Crippen LogP contribution >= 0.6 is 0 Å². The fourth-order valence-corrected chi connectivity index (χ4v) is 2.12. The third-order valence-corrected chi connectivity index (χ3v) is 3.49. The molecule has 1 aromatic carbocycles. The summed E-state index contributed by atoms with van der Waals surface area (Å²) in [5, 5.41) is 14.9. The summed E-state index contributed by atoms with van der Waals surface area (Å²) < 4.78 is 27.4. The first-order chi connectivity index (χ1) is 11.3. The van der Waals surface area contributed by atoms with Crippen molar-refractivity contribution in [2.24, 2.45) is 7.05 Å². The summed E-state index contributed by atoms with van der Waals surface area (Å²) in [5.41, 5.74) is -0.189. The molecule has 2 amide bonds. The van der Waals surface area contributed by atoms with Crippen LogP contribution in [-0.4, -0.2) is 21.7 Å². The maximum atomic E-state index is 13.2. The highest BCUT2D eigenvalue weighted by Gasteiger charge is 2.20. The lowest BCUT2D eigenvalue weighted by Gasteiger charge is -2.21. The summed E-state index contributed by atoms with van der Waals surface area (Å²) in [6.07, 6.45) is 0.297. The van der Waals surface area contributed by atoms with E-state index in [9.17, 15) is 23.5 Å². The van der Waals surface area contributed by atoms with Gasteiger partial charge < -0.3 is 20.3 Å². The van der Waals surface area contributed by atoms with Crippen LogP contribution in [-0.2, 0) is 7.05 Å². The second-order valence-corrected chi connectivity index (χ2v) is 5.34. The molecular formula is C16H17F2N3O3. The maximum Gasteiger partial charge on any atom is 0.319 e. The van der Waals surface area contributed by atoms with Gasteiger partial charge >= 0.3 is 6.03 Å². The quantitative estimate of drug-likeness (QED) is 0.797. The largest absolute Gasteiger partial charge is 0.386 e. The molecule has 0 aliphatic heterocycles. The van der Waals surface area contributed by atoms with E-state index in [1.165, 1.54) is 23.6 Å². The molecule has 0 saturated heterocycles. The molecule has 128 valence electrons. The topological polar surface area (TPSA) is 83.4 Å². The van der Waals surface area contributed by atoms with E-state index in [1.54, 1.807) is 19.3 Å². The first-order valence-corrected chi connectivity index (χ1v) is 7.15. The van der Waals surface area contributed by atoms with Crippen molar-refractivity contribution in [3.63, 3.8) is 0 Å². The Morgan fingerprint density at radius 2 is 1.96 bits per heavy atom. The number of anilines is 1. The van der Waals surface area contributed by atoms with Gasteiger partial charge in [-0.3, -0.25) is 4.79 Å². The lowest BCUT2D eigenvalue weighted by atomic mass is 10.0. The second-order valence-electron chi connectivity index (χ2n) is 5.34. The molecule has 2 unspecified atom stereocenters. The van der Waals surface area contributed by atoms with Crippen molar-refractivity contribution in [3.8, 4) is 0 Å². The number of benzene rings is 1. The highest BCUT2D eigenvalue weighted by atomic mass is 19.2. The molecule has 1 aromatic heterocycles. The minimum Gasteiger partial charge on any atom is -0.386 e. The Hall–Kier alpha value is -2.74. The third kappa shape index (κ3) is 3.96. The predicted octanol–water partition coefficient (Wildman–Crippen LogP) is 1.91. The van der Waals surface area contributed by atoms with Gasteiger partial charge in [0.15, 0.2) is 11.6 Å². The van der Waals surface area contributed by atoms with E-state index >= 15 is 0 Å². The molecule has 2 rings (SSSR count). The molecule has 0 fully saturated rings. The highest BCUT2D eigenvalue weighted by Crippen LogP contribution is 2.19. The van der Waals surface area contributed by atoms with E-state index in [2.05, 4.69) is 10.6 Å². The van der Waals surface area contributed by atoms with Gasteiger partial charge in [-0.05, 0) is 36.8 Å². The Morgan fingerprint density at radius 1 is 1.25 bits per heavy atom. The predicted molar refractivity (Wildman–Crippen MR) is 84.6 cm³/mol. The number of aromatic nitrogens is 1. The number of aliphatic hydroxyl groups is 1. The number of urea groups is 1. The van der Waals surface area contributed by atoms with Crippen LogP contribution in [0.2, 0.25) is 0 Å². The first-order valence-electron chi connectivity index (χ1n) is 7.15. The van der Waals surface area contributed by atoms with Crippen LogP contribution in [0.5, 0.6) is 0 Å². The zero-order chi connectivity index (χ0) is 17.9. The molecule has 24 heavy (non-hydrogen) atoms. The number of carbonyl (C=O) groups excluding carboxylic acids is 1. The molecule has 2 aromatic rings. The van der Waals surface area contributed by atoms with Gasteiger partial charge in [0.2, 0.25) is 0 Å². The van der Waals surface area contributed by atoms with Gasteiger partial charge in [0.1, 0.15) is 5.69 Å². The zero-order valence-corrected chi connectivity index (χ0v) is 13.1. The summed E-state index contributed by atoms with van der Waals surface area (Å²) in [4.78, 5) is 23.7. The van der Waals surface area contributed by atoms with Crippen LogP contribution in [0.3, 0.4) is 0 Å². The molecule has 6 nitrogen and oxygen atoms in total. The van der Waals surface area contributed by atoms with Crippen LogP contribution in [0.4, 0.5) is 19.3 Å². The SMILES string of the molecule is CC(NC(=O)Nc1cccn(C)c1=O)C(O)c1ccc(F)c(F)c1. The number of amides is 2. The zero-order valence-electron chi connectivity index (χ0n) is 13.1. The third-order valence-electron chi connectivity index (χ3n) is 3.49. The van der Waals surface area contributed by atoms with Crippen molar-refractivity contribution in [3.05, 3.63) is 64.1 Å². The van der Waals surface area contributed by atoms with Crippen molar-refractivity contribution >= 4 is 11.7 Å². The summed E-state index contributed by atoms with van der Waals surface area (Å²) in [5.74, 6) is -2.11. The summed E-state index contributed by atoms with van der Waals surface area (Å²) in [7, 11) is 1.54. The van der Waals surface area contributed by atoms with Crippen LogP contribution in [0.25, 0.3) is 0 Å². The molecule has 2 atom stereocenters. The van der Waals surface area contributed by atoms with Gasteiger partial charge in [-0.25, -0.2) is 13.6 Å². The van der Waals surface area contributed by atoms with E-state index in [-0.39, 0.29) is 16.8 Å². The Morgan fingerprint density at radius 3 is 2.62 bits per heavy atom. The van der Waals surface area contributed by atoms with E-state index in [1.807, 2.05) is 0 Å². The number of hydrogen-bond donors (Lipinski definition) is 3. The molecule has 0 bridgehead atoms. The smallest absolute Gasteiger partial charge is 0.319 e. The molecule has 0 aliphatic rings. The number of rotatable bonds is 4. The van der Waals surface area contributed by atoms with Crippen LogP contribution < -0.4 is 16.2 Å². The minimum absolute atomic E-state index is 0.0759. The van der Waals surface area contributed by atoms with E-state index < -0.39 is 29.8 Å². The number of aryl methyl sites for hydroxylation is 1. The van der Waals surface area contributed by atoms with E-state index in [0.29, 0.717) is 0 Å². The van der Waals surface area contributed by atoms with E-state index in [4.69, 9.17) is 0 Å². The van der Waals surface area contributed by atoms with Crippen molar-refractivity contribution in [1.29, 1.82) is 0 Å². The number of aliphatic hydroxyl groups excluding tert-OH is 1. The molecule has 0 radical (unpaired) electrons. The van der Waals surface area contributed by atoms with Gasteiger partial charge in [-0.15, -0.1) is 0 Å². The number of halogens is 2. The molecule has 3 N–H and O–H groups in total. The number of carbonyl (C=O) groups is 1. The van der Waals surface area contributed by atoms with Crippen LogP contribution in [0.1, 0.15) is 18.6 Å². The maximum absolute atomic E-state index is 13.2. The number of hydrogen-bond acceptors (Lipinski definition) is 3. The van der Waals surface area contributed by atoms with Gasteiger partial charge in [-0.2, -0.15) is 0 Å². The van der Waals surface area contributed by atoms with Crippen LogP contribution in [0.15, 0.2) is 41.3 Å². The van der Waals surface area contributed by atoms with Crippen molar-refractivity contribution in [1.82, 2.24) is 9.88 Å². The van der Waals surface area contributed by atoms with Crippen molar-refractivity contribution in [2.75, 3.05) is 5.32 Å². The Labute approximate surface area is 136 Å². The lowest BCUT2D eigenvalue weighted by molar-refractivity contribution is 0.138. The van der Waals surface area contributed by atoms with Gasteiger partial charge in [0.25, 0.3) is 5.56 Å². The van der Waals surface area contributed by atoms with E-state index in [0.717, 1.165) is 12.1 Å². The molecule has 1 heterocycles. The second kappa shape index (κ2) is 7.22. The summed E-state index contributed by atoms with van der Waals surface area (Å²) in [6.45, 7) is 1.49. The Kier molecular flexibility index (Phi) is 5.30. The normalized spacial score (nSPS) is 13.2. The Bertz CT molecular complexity index is 807. The molecule has 0 saturated carbocycles. The van der Waals surface area contributed by atoms with Crippen molar-refractivity contribution in [2.45, 2.75) is 19.1 Å². The Balaban J connectivity index is 2.04. The lowest BCUT2D eigenvalue weighted by Crippen LogP contribution is -2.40.